The van der Waals surface area contributed by atoms with Gasteiger partial charge >= 0.3 is 5.97 Å². The molecule has 1 aromatic carbocycles. The SMILES string of the molecule is CCc1sc(C(=O)Nc2ccc(O)c(C(=O)O)c2)cc1C. The molecule has 0 radical (unpaired) electrons. The third kappa shape index (κ3) is 3.22. The number of rotatable bonds is 4. The van der Waals surface area contributed by atoms with Crippen molar-refractivity contribution < 1.29 is 19.8 Å². The van der Waals surface area contributed by atoms with Gasteiger partial charge in [-0.15, -0.1) is 11.3 Å². The van der Waals surface area contributed by atoms with E-state index in [1.54, 1.807) is 0 Å². The van der Waals surface area contributed by atoms with Crippen molar-refractivity contribution in [2.45, 2.75) is 20.3 Å². The average molecular weight is 305 g/mol. The Kier molecular flexibility index (Phi) is 4.28. The van der Waals surface area contributed by atoms with Crippen molar-refractivity contribution in [1.82, 2.24) is 0 Å². The summed E-state index contributed by atoms with van der Waals surface area (Å²) in [6.45, 7) is 3.98. The molecule has 0 aliphatic carbocycles. The van der Waals surface area contributed by atoms with Crippen molar-refractivity contribution in [3.05, 3.63) is 45.1 Å². The number of hydrogen-bond donors (Lipinski definition) is 3. The van der Waals surface area contributed by atoms with Crippen LogP contribution in [0.1, 0.15) is 37.4 Å². The third-order valence-electron chi connectivity index (χ3n) is 3.05. The number of aromatic hydroxyl groups is 1. The highest BCUT2D eigenvalue weighted by atomic mass is 32.1. The molecule has 0 fully saturated rings. The summed E-state index contributed by atoms with van der Waals surface area (Å²) in [7, 11) is 0. The van der Waals surface area contributed by atoms with Crippen LogP contribution in [0, 0.1) is 6.92 Å². The lowest BCUT2D eigenvalue weighted by Gasteiger charge is -2.06. The van der Waals surface area contributed by atoms with Crippen LogP contribution in [0.3, 0.4) is 0 Å². The average Bonchev–Trinajstić information content (AvgIpc) is 2.82. The van der Waals surface area contributed by atoms with Gasteiger partial charge in [0.2, 0.25) is 0 Å². The lowest BCUT2D eigenvalue weighted by molar-refractivity contribution is 0.0693. The van der Waals surface area contributed by atoms with Crippen LogP contribution in [-0.4, -0.2) is 22.1 Å². The Morgan fingerprint density at radius 2 is 2.00 bits per heavy atom. The van der Waals surface area contributed by atoms with E-state index in [9.17, 15) is 14.7 Å². The number of hydrogen-bond acceptors (Lipinski definition) is 4. The first-order valence-electron chi connectivity index (χ1n) is 6.39. The van der Waals surface area contributed by atoms with Gasteiger partial charge in [-0.25, -0.2) is 4.79 Å². The highest BCUT2D eigenvalue weighted by Gasteiger charge is 2.14. The number of phenols is 1. The molecule has 2 aromatic rings. The van der Waals surface area contributed by atoms with Gasteiger partial charge in [0.15, 0.2) is 0 Å². The molecule has 1 amide bonds. The second-order valence-corrected chi connectivity index (χ2v) is 5.70. The number of nitrogens with one attached hydrogen (secondary N) is 1. The van der Waals surface area contributed by atoms with Crippen molar-refractivity contribution in [2.75, 3.05) is 5.32 Å². The molecule has 3 N–H and O–H groups in total. The molecule has 0 saturated heterocycles. The highest BCUT2D eigenvalue weighted by molar-refractivity contribution is 7.14. The third-order valence-corrected chi connectivity index (χ3v) is 4.43. The maximum atomic E-state index is 12.2. The fraction of sp³-hybridized carbons (Fsp3) is 0.200. The minimum Gasteiger partial charge on any atom is -0.507 e. The zero-order valence-corrected chi connectivity index (χ0v) is 12.5. The number of carbonyl (C=O) groups excluding carboxylic acids is 1. The van der Waals surface area contributed by atoms with Crippen LogP contribution in [0.25, 0.3) is 0 Å². The Balaban J connectivity index is 2.23. The van der Waals surface area contributed by atoms with Crippen LogP contribution in [0.5, 0.6) is 5.75 Å². The van der Waals surface area contributed by atoms with Crippen LogP contribution >= 0.6 is 11.3 Å². The fourth-order valence-corrected chi connectivity index (χ4v) is 2.97. The monoisotopic (exact) mass is 305 g/mol. The molecule has 0 bridgehead atoms. The quantitative estimate of drug-likeness (QED) is 0.757. The highest BCUT2D eigenvalue weighted by Crippen LogP contribution is 2.25. The molecule has 1 aromatic heterocycles. The summed E-state index contributed by atoms with van der Waals surface area (Å²) >= 11 is 1.42. The maximum absolute atomic E-state index is 12.2. The Morgan fingerprint density at radius 1 is 1.29 bits per heavy atom. The molecule has 2 rings (SSSR count). The normalized spacial score (nSPS) is 10.4. The topological polar surface area (TPSA) is 86.6 Å². The summed E-state index contributed by atoms with van der Waals surface area (Å²) < 4.78 is 0. The number of carbonyl (C=O) groups is 2. The zero-order chi connectivity index (χ0) is 15.6. The van der Waals surface area contributed by atoms with E-state index in [2.05, 4.69) is 5.32 Å². The Hall–Kier alpha value is -2.34. The molecule has 110 valence electrons. The molecular weight excluding hydrogens is 290 g/mol. The first kappa shape index (κ1) is 15.1. The van der Waals surface area contributed by atoms with Crippen LogP contribution in [-0.2, 0) is 6.42 Å². The van der Waals surface area contributed by atoms with Crippen LogP contribution in [0.15, 0.2) is 24.3 Å². The lowest BCUT2D eigenvalue weighted by atomic mass is 10.1. The predicted octanol–water partition coefficient (Wildman–Crippen LogP) is 3.28. The van der Waals surface area contributed by atoms with E-state index in [1.165, 1.54) is 29.5 Å². The van der Waals surface area contributed by atoms with Gasteiger partial charge in [-0.05, 0) is 43.2 Å². The standard InChI is InChI=1S/C15H15NO4S/c1-3-12-8(2)6-13(21-12)14(18)16-9-4-5-11(17)10(7-9)15(19)20/h4-7,17H,3H2,1-2H3,(H,16,18)(H,19,20). The van der Waals surface area contributed by atoms with E-state index < -0.39 is 5.97 Å². The number of carboxylic acids is 1. The van der Waals surface area contributed by atoms with Crippen molar-refractivity contribution in [2.24, 2.45) is 0 Å². The molecule has 5 nitrogen and oxygen atoms in total. The first-order chi connectivity index (χ1) is 9.92. The minimum absolute atomic E-state index is 0.246. The van der Waals surface area contributed by atoms with Gasteiger partial charge in [-0.3, -0.25) is 4.79 Å². The van der Waals surface area contributed by atoms with Gasteiger partial charge in [-0.1, -0.05) is 6.92 Å². The van der Waals surface area contributed by atoms with E-state index in [0.29, 0.717) is 10.6 Å². The van der Waals surface area contributed by atoms with Gasteiger partial charge in [-0.2, -0.15) is 0 Å². The van der Waals surface area contributed by atoms with Crippen LogP contribution in [0.4, 0.5) is 5.69 Å². The van der Waals surface area contributed by atoms with Gasteiger partial charge < -0.3 is 15.5 Å². The summed E-state index contributed by atoms with van der Waals surface area (Å²) in [4.78, 5) is 24.8. The number of aromatic carboxylic acids is 1. The molecular formula is C15H15NO4S. The molecule has 21 heavy (non-hydrogen) atoms. The molecule has 0 spiro atoms. The zero-order valence-electron chi connectivity index (χ0n) is 11.6. The van der Waals surface area contributed by atoms with E-state index >= 15 is 0 Å². The van der Waals surface area contributed by atoms with E-state index in [1.807, 2.05) is 19.9 Å². The summed E-state index contributed by atoms with van der Waals surface area (Å²) in [5.74, 6) is -1.87. The second-order valence-electron chi connectivity index (χ2n) is 4.56. The maximum Gasteiger partial charge on any atom is 0.339 e. The number of carboxylic acid groups (broad SMARTS) is 1. The molecule has 6 heteroatoms. The largest absolute Gasteiger partial charge is 0.507 e. The van der Waals surface area contributed by atoms with Gasteiger partial charge in [0.25, 0.3) is 5.91 Å². The molecule has 0 atom stereocenters. The summed E-state index contributed by atoms with van der Waals surface area (Å²) in [6.07, 6.45) is 0.867. The number of benzene rings is 1. The second kappa shape index (κ2) is 5.97. The Bertz CT molecular complexity index is 706. The predicted molar refractivity (Wildman–Crippen MR) is 81.5 cm³/mol. The molecule has 0 saturated carbocycles. The minimum atomic E-state index is -1.25. The number of aryl methyl sites for hydroxylation is 2. The van der Waals surface area contributed by atoms with E-state index in [4.69, 9.17) is 5.11 Å². The van der Waals surface area contributed by atoms with Gasteiger partial charge in [0.1, 0.15) is 11.3 Å². The van der Waals surface area contributed by atoms with Crippen molar-refractivity contribution in [1.29, 1.82) is 0 Å². The lowest BCUT2D eigenvalue weighted by Crippen LogP contribution is -2.10. The Labute approximate surface area is 125 Å². The summed E-state index contributed by atoms with van der Waals surface area (Å²) in [6, 6.07) is 5.76. The molecule has 1 heterocycles. The van der Waals surface area contributed by atoms with Gasteiger partial charge in [0, 0.05) is 10.6 Å². The smallest absolute Gasteiger partial charge is 0.339 e. The number of amides is 1. The van der Waals surface area contributed by atoms with Crippen molar-refractivity contribution in [3.63, 3.8) is 0 Å². The van der Waals surface area contributed by atoms with Crippen LogP contribution in [0.2, 0.25) is 0 Å². The van der Waals surface area contributed by atoms with E-state index in [-0.39, 0.29) is 17.2 Å². The fourth-order valence-electron chi connectivity index (χ4n) is 1.96. The van der Waals surface area contributed by atoms with Crippen molar-refractivity contribution in [3.8, 4) is 5.75 Å². The molecule has 0 aliphatic rings. The Morgan fingerprint density at radius 3 is 2.57 bits per heavy atom. The van der Waals surface area contributed by atoms with Crippen molar-refractivity contribution >= 4 is 28.9 Å². The van der Waals surface area contributed by atoms with E-state index in [0.717, 1.165) is 16.9 Å². The number of anilines is 1. The number of thiophene rings is 1. The summed E-state index contributed by atoms with van der Waals surface area (Å²) in [5, 5.41) is 21.0. The molecule has 0 unspecified atom stereocenters. The van der Waals surface area contributed by atoms with Gasteiger partial charge in [0.05, 0.1) is 4.88 Å². The first-order valence-corrected chi connectivity index (χ1v) is 7.21. The van der Waals surface area contributed by atoms with Crippen LogP contribution < -0.4 is 5.32 Å². The molecule has 0 aliphatic heterocycles. The summed E-state index contributed by atoms with van der Waals surface area (Å²) in [5.41, 5.74) is 1.16.